The van der Waals surface area contributed by atoms with Crippen LogP contribution in [0.4, 0.5) is 5.69 Å². The Balaban J connectivity index is 1.65. The van der Waals surface area contributed by atoms with Crippen molar-refractivity contribution in [2.45, 2.75) is 38.0 Å². The molecule has 2 heterocycles. The first-order chi connectivity index (χ1) is 11.8. The number of nitrogens with zero attached hydrogens (tertiary/aromatic N) is 2. The Bertz CT molecular complexity index is 789. The van der Waals surface area contributed by atoms with Gasteiger partial charge in [0.2, 0.25) is 11.8 Å². The number of amides is 2. The van der Waals surface area contributed by atoms with Gasteiger partial charge in [-0.1, -0.05) is 32.5 Å². The zero-order chi connectivity index (χ0) is 18.0. The van der Waals surface area contributed by atoms with Gasteiger partial charge >= 0.3 is 0 Å². The van der Waals surface area contributed by atoms with Crippen LogP contribution in [0.1, 0.15) is 33.6 Å². The Hall–Kier alpha value is -1.60. The van der Waals surface area contributed by atoms with E-state index in [0.717, 1.165) is 46.2 Å². The lowest BCUT2D eigenvalue weighted by Crippen LogP contribution is -2.29. The van der Waals surface area contributed by atoms with Gasteiger partial charge in [-0.15, -0.1) is 11.3 Å². The van der Waals surface area contributed by atoms with Gasteiger partial charge in [0, 0.05) is 24.2 Å². The summed E-state index contributed by atoms with van der Waals surface area (Å²) in [5.41, 5.74) is 1.25. The smallest absolute Gasteiger partial charge is 0.233 e. The lowest BCUT2D eigenvalue weighted by molar-refractivity contribution is -0.127. The number of rotatable bonds is 4. The second kappa shape index (κ2) is 7.33. The molecule has 1 aromatic heterocycles. The van der Waals surface area contributed by atoms with Crippen molar-refractivity contribution in [2.75, 3.05) is 24.2 Å². The number of hydrogen-bond acceptors (Lipinski definition) is 5. The van der Waals surface area contributed by atoms with E-state index in [2.05, 4.69) is 10.3 Å². The largest absolute Gasteiger partial charge is 0.342 e. The average molecular weight is 378 g/mol. The lowest BCUT2D eigenvalue weighted by atomic mass is 9.95. The van der Waals surface area contributed by atoms with Crippen molar-refractivity contribution in [1.82, 2.24) is 9.88 Å². The molecule has 1 N–H and O–H groups in total. The van der Waals surface area contributed by atoms with E-state index in [0.29, 0.717) is 5.75 Å². The molecule has 2 amide bonds. The molecule has 0 radical (unpaired) electrons. The molecule has 0 spiro atoms. The molecule has 7 heteroatoms. The first-order valence-electron chi connectivity index (χ1n) is 8.45. The summed E-state index contributed by atoms with van der Waals surface area (Å²) in [6.07, 6.45) is 2.22. The number of carbonyl (C=O) groups excluding carboxylic acids is 2. The maximum absolute atomic E-state index is 12.1. The number of hydrogen-bond donors (Lipinski definition) is 1. The minimum Gasteiger partial charge on any atom is -0.342 e. The van der Waals surface area contributed by atoms with Crippen LogP contribution in [0.5, 0.6) is 0 Å². The highest BCUT2D eigenvalue weighted by molar-refractivity contribution is 8.01. The number of anilines is 1. The number of carbonyl (C=O) groups is 2. The molecule has 134 valence electrons. The minimum atomic E-state index is -0.431. The van der Waals surface area contributed by atoms with Gasteiger partial charge < -0.3 is 10.2 Å². The average Bonchev–Trinajstić information content (AvgIpc) is 3.20. The molecule has 2 aromatic rings. The third-order valence-electron chi connectivity index (χ3n) is 4.09. The van der Waals surface area contributed by atoms with Gasteiger partial charge in [0.1, 0.15) is 0 Å². The molecule has 1 aliphatic heterocycles. The Labute approximate surface area is 156 Å². The quantitative estimate of drug-likeness (QED) is 0.818. The van der Waals surface area contributed by atoms with E-state index in [1.807, 2.05) is 43.9 Å². The zero-order valence-corrected chi connectivity index (χ0v) is 16.4. The van der Waals surface area contributed by atoms with Crippen molar-refractivity contribution in [1.29, 1.82) is 0 Å². The number of thioether (sulfide) groups is 1. The highest BCUT2D eigenvalue weighted by Gasteiger charge is 2.21. The second-order valence-corrected chi connectivity index (χ2v) is 9.50. The fourth-order valence-electron chi connectivity index (χ4n) is 2.54. The molecular formula is C18H23N3O2S2. The number of aromatic nitrogens is 1. The van der Waals surface area contributed by atoms with Crippen molar-refractivity contribution in [2.24, 2.45) is 5.41 Å². The van der Waals surface area contributed by atoms with Crippen LogP contribution in [-0.4, -0.2) is 40.5 Å². The standard InChI is InChI=1S/C18H23N3O2S2/c1-18(2,3)16(23)19-12-6-7-13-14(10-12)25-17(20-13)24-11-15(22)21-8-4-5-9-21/h6-7,10H,4-5,8-9,11H2,1-3H3,(H,19,23). The molecule has 0 atom stereocenters. The third-order valence-corrected chi connectivity index (χ3v) is 6.23. The number of benzene rings is 1. The van der Waals surface area contributed by atoms with Crippen LogP contribution < -0.4 is 5.32 Å². The topological polar surface area (TPSA) is 62.3 Å². The minimum absolute atomic E-state index is 0.0119. The maximum Gasteiger partial charge on any atom is 0.233 e. The molecule has 0 bridgehead atoms. The van der Waals surface area contributed by atoms with Crippen LogP contribution >= 0.6 is 23.1 Å². The molecule has 1 saturated heterocycles. The van der Waals surface area contributed by atoms with Crippen LogP contribution in [0.25, 0.3) is 10.2 Å². The van der Waals surface area contributed by atoms with E-state index in [1.165, 1.54) is 11.8 Å². The molecule has 1 aromatic carbocycles. The van der Waals surface area contributed by atoms with Crippen molar-refractivity contribution < 1.29 is 9.59 Å². The Morgan fingerprint density at radius 3 is 2.68 bits per heavy atom. The number of likely N-dealkylation sites (tertiary alicyclic amines) is 1. The number of thiazole rings is 1. The predicted octanol–water partition coefficient (Wildman–Crippen LogP) is 4.00. The number of fused-ring (bicyclic) bond motifs is 1. The summed E-state index contributed by atoms with van der Waals surface area (Å²) >= 11 is 3.05. The van der Waals surface area contributed by atoms with Gasteiger partial charge in [-0.25, -0.2) is 4.98 Å². The monoisotopic (exact) mass is 377 g/mol. The first-order valence-corrected chi connectivity index (χ1v) is 10.3. The van der Waals surface area contributed by atoms with E-state index in [-0.39, 0.29) is 11.8 Å². The Morgan fingerprint density at radius 2 is 2.00 bits per heavy atom. The highest BCUT2D eigenvalue weighted by Crippen LogP contribution is 2.32. The molecule has 0 saturated carbocycles. The molecule has 1 aliphatic rings. The van der Waals surface area contributed by atoms with Gasteiger partial charge in [0.25, 0.3) is 0 Å². The van der Waals surface area contributed by atoms with E-state index >= 15 is 0 Å². The van der Waals surface area contributed by atoms with Crippen molar-refractivity contribution in [3.05, 3.63) is 18.2 Å². The molecule has 5 nitrogen and oxygen atoms in total. The van der Waals surface area contributed by atoms with Crippen molar-refractivity contribution in [3.8, 4) is 0 Å². The van der Waals surface area contributed by atoms with Crippen molar-refractivity contribution >= 4 is 50.8 Å². The lowest BCUT2D eigenvalue weighted by Gasteiger charge is -2.17. The third kappa shape index (κ3) is 4.52. The van der Waals surface area contributed by atoms with Gasteiger partial charge in [-0.2, -0.15) is 0 Å². The molecule has 0 aliphatic carbocycles. The van der Waals surface area contributed by atoms with Crippen LogP contribution in [0.15, 0.2) is 22.5 Å². The van der Waals surface area contributed by atoms with E-state index in [9.17, 15) is 9.59 Å². The number of nitrogens with one attached hydrogen (secondary N) is 1. The fraction of sp³-hybridized carbons (Fsp3) is 0.500. The van der Waals surface area contributed by atoms with Crippen LogP contribution in [0.2, 0.25) is 0 Å². The molecule has 0 unspecified atom stereocenters. The highest BCUT2D eigenvalue weighted by atomic mass is 32.2. The van der Waals surface area contributed by atoms with E-state index in [4.69, 9.17) is 0 Å². The van der Waals surface area contributed by atoms with Crippen LogP contribution in [-0.2, 0) is 9.59 Å². The van der Waals surface area contributed by atoms with Crippen LogP contribution in [0, 0.1) is 5.41 Å². The normalized spacial score (nSPS) is 14.9. The van der Waals surface area contributed by atoms with Crippen LogP contribution in [0.3, 0.4) is 0 Å². The summed E-state index contributed by atoms with van der Waals surface area (Å²) < 4.78 is 1.91. The predicted molar refractivity (Wildman–Crippen MR) is 104 cm³/mol. The summed E-state index contributed by atoms with van der Waals surface area (Å²) in [6, 6.07) is 5.73. The second-order valence-electron chi connectivity index (χ2n) is 7.24. The molecule has 1 fully saturated rings. The summed E-state index contributed by atoms with van der Waals surface area (Å²) in [4.78, 5) is 30.8. The fourth-order valence-corrected chi connectivity index (χ4v) is 4.55. The maximum atomic E-state index is 12.1. The van der Waals surface area contributed by atoms with Gasteiger partial charge in [0.15, 0.2) is 4.34 Å². The summed E-state index contributed by atoms with van der Waals surface area (Å²) in [5.74, 6) is 0.620. The van der Waals surface area contributed by atoms with Gasteiger partial charge in [-0.05, 0) is 31.0 Å². The first kappa shape index (κ1) is 18.2. The molecule has 25 heavy (non-hydrogen) atoms. The van der Waals surface area contributed by atoms with Gasteiger partial charge in [0.05, 0.1) is 16.0 Å². The summed E-state index contributed by atoms with van der Waals surface area (Å²) in [7, 11) is 0. The molecule has 3 rings (SSSR count). The summed E-state index contributed by atoms with van der Waals surface area (Å²) in [5, 5.41) is 2.94. The van der Waals surface area contributed by atoms with E-state index in [1.54, 1.807) is 11.3 Å². The van der Waals surface area contributed by atoms with E-state index < -0.39 is 5.41 Å². The summed E-state index contributed by atoms with van der Waals surface area (Å²) in [6.45, 7) is 7.44. The zero-order valence-electron chi connectivity index (χ0n) is 14.8. The SMILES string of the molecule is CC(C)(C)C(=O)Nc1ccc2nc(SCC(=O)N3CCCC3)sc2c1. The molecular weight excluding hydrogens is 354 g/mol. The van der Waals surface area contributed by atoms with Crippen molar-refractivity contribution in [3.63, 3.8) is 0 Å². The Morgan fingerprint density at radius 1 is 1.28 bits per heavy atom. The Kier molecular flexibility index (Phi) is 5.34. The van der Waals surface area contributed by atoms with Gasteiger partial charge in [-0.3, -0.25) is 9.59 Å².